The van der Waals surface area contributed by atoms with Crippen molar-refractivity contribution in [2.24, 2.45) is 0 Å². The van der Waals surface area contributed by atoms with Gasteiger partial charge < -0.3 is 4.90 Å². The van der Waals surface area contributed by atoms with E-state index in [1.54, 1.807) is 0 Å². The lowest BCUT2D eigenvalue weighted by Crippen LogP contribution is -2.30. The van der Waals surface area contributed by atoms with Crippen LogP contribution in [0.2, 0.25) is 0 Å². The monoisotopic (exact) mass is 439 g/mol. The fraction of sp³-hybridized carbons (Fsp3) is 0.111. The second-order valence-corrected chi connectivity index (χ2v) is 8.97. The molecule has 4 aromatic carbocycles. The molecule has 1 nitrogen and oxygen atoms in total. The quantitative estimate of drug-likeness (QED) is 0.304. The molecule has 1 aliphatic heterocycles. The molecule has 0 unspecified atom stereocenters. The minimum atomic E-state index is -0.0625. The lowest BCUT2D eigenvalue weighted by molar-refractivity contribution is 0.632. The van der Waals surface area contributed by atoms with Crippen molar-refractivity contribution < 1.29 is 0 Å². The molecule has 5 rings (SSSR count). The molecule has 0 N–H and O–H groups in total. The van der Waals surface area contributed by atoms with Gasteiger partial charge in [0, 0.05) is 15.6 Å². The van der Waals surface area contributed by atoms with Gasteiger partial charge in [-0.2, -0.15) is 0 Å². The van der Waals surface area contributed by atoms with Crippen LogP contribution in [0.4, 0.5) is 17.1 Å². The summed E-state index contributed by atoms with van der Waals surface area (Å²) in [6.45, 7) is 4.65. The van der Waals surface area contributed by atoms with Gasteiger partial charge in [-0.05, 0) is 58.7 Å². The highest BCUT2D eigenvalue weighted by atomic mass is 79.9. The van der Waals surface area contributed by atoms with Crippen LogP contribution in [0.15, 0.2) is 102 Å². The second kappa shape index (κ2) is 6.89. The molecule has 1 aliphatic rings. The van der Waals surface area contributed by atoms with Crippen LogP contribution in [0.1, 0.15) is 25.0 Å². The summed E-state index contributed by atoms with van der Waals surface area (Å²) in [7, 11) is 0. The van der Waals surface area contributed by atoms with E-state index in [9.17, 15) is 0 Å². The lowest BCUT2D eigenvalue weighted by atomic mass is 9.73. The Morgan fingerprint density at radius 2 is 1.31 bits per heavy atom. The van der Waals surface area contributed by atoms with Gasteiger partial charge in [0.05, 0.1) is 11.4 Å². The molecule has 1 heterocycles. The van der Waals surface area contributed by atoms with E-state index in [-0.39, 0.29) is 5.41 Å². The highest BCUT2D eigenvalue weighted by molar-refractivity contribution is 9.10. The maximum Gasteiger partial charge on any atom is 0.0508 e. The van der Waals surface area contributed by atoms with E-state index in [1.165, 1.54) is 39.3 Å². The molecule has 0 radical (unpaired) electrons. The van der Waals surface area contributed by atoms with Gasteiger partial charge in [-0.1, -0.05) is 90.4 Å². The predicted molar refractivity (Wildman–Crippen MR) is 126 cm³/mol. The van der Waals surface area contributed by atoms with E-state index in [4.69, 9.17) is 0 Å². The fourth-order valence-corrected chi connectivity index (χ4v) is 4.82. The predicted octanol–water partition coefficient (Wildman–Crippen LogP) is 8.23. The maximum atomic E-state index is 3.61. The van der Waals surface area contributed by atoms with Gasteiger partial charge in [0.25, 0.3) is 0 Å². The molecular formula is C27H22BrN. The summed E-state index contributed by atoms with van der Waals surface area (Å²) in [5.41, 5.74) is 8.76. The van der Waals surface area contributed by atoms with Crippen LogP contribution in [0.5, 0.6) is 0 Å². The van der Waals surface area contributed by atoms with E-state index in [0.29, 0.717) is 0 Å². The molecule has 0 spiro atoms. The van der Waals surface area contributed by atoms with Crippen LogP contribution in [-0.2, 0) is 5.41 Å². The van der Waals surface area contributed by atoms with Crippen molar-refractivity contribution in [2.45, 2.75) is 19.3 Å². The number of halogens is 1. The molecule has 0 fully saturated rings. The smallest absolute Gasteiger partial charge is 0.0508 e. The third kappa shape index (κ3) is 2.99. The Hall–Kier alpha value is -2.84. The first-order chi connectivity index (χ1) is 14.1. The van der Waals surface area contributed by atoms with Crippen molar-refractivity contribution in [1.29, 1.82) is 0 Å². The summed E-state index contributed by atoms with van der Waals surface area (Å²) in [5, 5.41) is 0. The Labute approximate surface area is 180 Å². The van der Waals surface area contributed by atoms with Gasteiger partial charge in [0.1, 0.15) is 0 Å². The molecular weight excluding hydrogens is 418 g/mol. The van der Waals surface area contributed by atoms with Crippen molar-refractivity contribution in [3.8, 4) is 11.1 Å². The first-order valence-electron chi connectivity index (χ1n) is 9.91. The third-order valence-electron chi connectivity index (χ3n) is 5.90. The minimum Gasteiger partial charge on any atom is -0.310 e. The molecule has 0 aliphatic carbocycles. The summed E-state index contributed by atoms with van der Waals surface area (Å²) in [4.78, 5) is 2.40. The molecule has 29 heavy (non-hydrogen) atoms. The summed E-state index contributed by atoms with van der Waals surface area (Å²) < 4.78 is 1.10. The fourth-order valence-electron chi connectivity index (χ4n) is 4.42. The molecule has 4 aromatic rings. The second-order valence-electron chi connectivity index (χ2n) is 8.06. The number of fused-ring (bicyclic) bond motifs is 2. The Morgan fingerprint density at radius 1 is 0.621 bits per heavy atom. The zero-order chi connectivity index (χ0) is 20.0. The van der Waals surface area contributed by atoms with Crippen LogP contribution in [0.3, 0.4) is 0 Å². The van der Waals surface area contributed by atoms with Crippen LogP contribution in [-0.4, -0.2) is 0 Å². The highest BCUT2D eigenvalue weighted by Crippen LogP contribution is 2.52. The van der Waals surface area contributed by atoms with Crippen molar-refractivity contribution in [1.82, 2.24) is 0 Å². The van der Waals surface area contributed by atoms with E-state index in [2.05, 4.69) is 132 Å². The van der Waals surface area contributed by atoms with Gasteiger partial charge >= 0.3 is 0 Å². The van der Waals surface area contributed by atoms with Crippen molar-refractivity contribution in [3.63, 3.8) is 0 Å². The summed E-state index contributed by atoms with van der Waals surface area (Å²) in [5.74, 6) is 0. The normalized spacial score (nSPS) is 14.2. The van der Waals surface area contributed by atoms with Crippen molar-refractivity contribution >= 4 is 33.0 Å². The Balaban J connectivity index is 1.78. The van der Waals surface area contributed by atoms with E-state index in [1.807, 2.05) is 0 Å². The summed E-state index contributed by atoms with van der Waals surface area (Å²) in [6.07, 6.45) is 0. The van der Waals surface area contributed by atoms with Crippen LogP contribution >= 0.6 is 15.9 Å². The average molecular weight is 440 g/mol. The topological polar surface area (TPSA) is 3.24 Å². The molecule has 0 amide bonds. The standard InChI is InChI=1S/C27H22BrN/c1-27(2)23-13-6-7-14-25(23)29(22-11-4-3-5-12-22)26-18-20(15-16-24(26)27)19-9-8-10-21(28)17-19/h3-18H,1-2H3. The number of nitrogens with zero attached hydrogens (tertiary/aromatic N) is 1. The van der Waals surface area contributed by atoms with Crippen molar-refractivity contribution in [3.05, 3.63) is 113 Å². The van der Waals surface area contributed by atoms with Gasteiger partial charge in [-0.25, -0.2) is 0 Å². The number of anilines is 3. The van der Waals surface area contributed by atoms with Crippen LogP contribution in [0.25, 0.3) is 11.1 Å². The zero-order valence-electron chi connectivity index (χ0n) is 16.6. The first kappa shape index (κ1) is 18.2. The van der Waals surface area contributed by atoms with Gasteiger partial charge in [0.15, 0.2) is 0 Å². The Morgan fingerprint density at radius 3 is 2.10 bits per heavy atom. The number of hydrogen-bond donors (Lipinski definition) is 0. The highest BCUT2D eigenvalue weighted by Gasteiger charge is 2.36. The SMILES string of the molecule is CC1(C)c2ccccc2N(c2ccccc2)c2cc(-c3cccc(Br)c3)ccc21. The molecule has 2 heteroatoms. The number of hydrogen-bond acceptors (Lipinski definition) is 1. The largest absolute Gasteiger partial charge is 0.310 e. The van der Waals surface area contributed by atoms with Gasteiger partial charge in [0.2, 0.25) is 0 Å². The molecule has 0 saturated carbocycles. The molecule has 142 valence electrons. The molecule has 0 saturated heterocycles. The average Bonchev–Trinajstić information content (AvgIpc) is 2.74. The van der Waals surface area contributed by atoms with Crippen molar-refractivity contribution in [2.75, 3.05) is 4.90 Å². The Bertz CT molecular complexity index is 1190. The molecule has 0 bridgehead atoms. The van der Waals surface area contributed by atoms with Gasteiger partial charge in [-0.15, -0.1) is 0 Å². The number of para-hydroxylation sites is 2. The van der Waals surface area contributed by atoms with Crippen LogP contribution < -0.4 is 4.90 Å². The first-order valence-corrected chi connectivity index (χ1v) is 10.7. The van der Waals surface area contributed by atoms with E-state index in [0.717, 1.165) is 4.47 Å². The number of benzene rings is 4. The number of rotatable bonds is 2. The van der Waals surface area contributed by atoms with E-state index >= 15 is 0 Å². The summed E-state index contributed by atoms with van der Waals surface area (Å²) in [6, 6.07) is 34.8. The molecule has 0 atom stereocenters. The lowest BCUT2D eigenvalue weighted by Gasteiger charge is -2.42. The summed E-state index contributed by atoms with van der Waals surface area (Å²) >= 11 is 3.61. The Kier molecular flexibility index (Phi) is 4.33. The van der Waals surface area contributed by atoms with Gasteiger partial charge in [-0.3, -0.25) is 0 Å². The van der Waals surface area contributed by atoms with Crippen LogP contribution in [0, 0.1) is 0 Å². The maximum absolute atomic E-state index is 3.61. The van der Waals surface area contributed by atoms with E-state index < -0.39 is 0 Å². The third-order valence-corrected chi connectivity index (χ3v) is 6.40. The zero-order valence-corrected chi connectivity index (χ0v) is 18.1. The minimum absolute atomic E-state index is 0.0625. The molecule has 0 aromatic heterocycles.